The van der Waals surface area contributed by atoms with Crippen molar-refractivity contribution in [3.63, 3.8) is 0 Å². The molecule has 0 aliphatic heterocycles. The zero-order valence-electron chi connectivity index (χ0n) is 21.8. The lowest BCUT2D eigenvalue weighted by Crippen LogP contribution is -2.10. The van der Waals surface area contributed by atoms with E-state index in [0.717, 1.165) is 7.11 Å². The fourth-order valence-electron chi connectivity index (χ4n) is 2.05. The van der Waals surface area contributed by atoms with Crippen LogP contribution < -0.4 is 9.47 Å². The molecule has 1 atom stereocenters. The van der Waals surface area contributed by atoms with E-state index in [0.29, 0.717) is 16.8 Å². The predicted octanol–water partition coefficient (Wildman–Crippen LogP) is 2.90. The number of imidazole rings is 1. The van der Waals surface area contributed by atoms with E-state index >= 15 is 0 Å². The standard InChI is InChI=1S/C17H19N3O3S/c1-10-8-18-15(11(2)16(10)23-4)9-24(21)17-19-13-6-5-12(22-3)7-14(13)20-17/h5-8H,9H2,1-4H3,(H,19,20)/i1D3,2D3,8D,9D2. The lowest BCUT2D eigenvalue weighted by atomic mass is 10.1. The molecule has 0 saturated heterocycles. The van der Waals surface area contributed by atoms with Crippen molar-refractivity contribution in [3.8, 4) is 11.5 Å². The minimum atomic E-state index is -3.10. The van der Waals surface area contributed by atoms with E-state index in [1.54, 1.807) is 18.2 Å². The number of hydrogen-bond donors (Lipinski definition) is 1. The summed E-state index contributed by atoms with van der Waals surface area (Å²) in [7, 11) is 2.45. The maximum absolute atomic E-state index is 13.2. The SMILES string of the molecule is [2H]c1nc(C([2H])([2H])[S+]([O-])c2nc3ccc(OC)cc3[nH]2)c(C([2H])([2H])[2H])c(OC)c1C([2H])([2H])[2H]. The molecule has 0 aliphatic rings. The Morgan fingerprint density at radius 2 is 2.25 bits per heavy atom. The molecule has 3 rings (SSSR count). The van der Waals surface area contributed by atoms with Crippen LogP contribution in [0.1, 0.15) is 29.2 Å². The molecule has 1 N–H and O–H groups in total. The van der Waals surface area contributed by atoms with E-state index in [-0.39, 0.29) is 5.16 Å². The number of methoxy groups -OCH3 is 2. The highest BCUT2D eigenvalue weighted by Crippen LogP contribution is 2.27. The van der Waals surface area contributed by atoms with Gasteiger partial charge in [-0.05, 0) is 25.8 Å². The van der Waals surface area contributed by atoms with Gasteiger partial charge in [-0.15, -0.1) is 0 Å². The van der Waals surface area contributed by atoms with Crippen LogP contribution in [0.15, 0.2) is 29.5 Å². The van der Waals surface area contributed by atoms with Crippen molar-refractivity contribution in [2.75, 3.05) is 14.2 Å². The van der Waals surface area contributed by atoms with Gasteiger partial charge in [-0.3, -0.25) is 9.97 Å². The molecule has 1 aromatic carbocycles. The predicted molar refractivity (Wildman–Crippen MR) is 93.0 cm³/mol. The number of fused-ring (bicyclic) bond motifs is 1. The number of ether oxygens (including phenoxy) is 2. The average molecular weight is 354 g/mol. The Morgan fingerprint density at radius 1 is 1.38 bits per heavy atom. The smallest absolute Gasteiger partial charge is 0.322 e. The first-order chi connectivity index (χ1) is 15.1. The van der Waals surface area contributed by atoms with Crippen LogP contribution in [0.4, 0.5) is 0 Å². The number of nitrogens with one attached hydrogen (secondary N) is 1. The third kappa shape index (κ3) is 3.05. The normalized spacial score (nSPS) is 19.5. The summed E-state index contributed by atoms with van der Waals surface area (Å²) in [6.07, 6.45) is -0.912. The zero-order valence-corrected chi connectivity index (χ0v) is 13.6. The molecule has 6 nitrogen and oxygen atoms in total. The summed E-state index contributed by atoms with van der Waals surface area (Å²) in [6.45, 7) is -6.06. The Kier molecular flexibility index (Phi) is 2.44. The van der Waals surface area contributed by atoms with Crippen molar-refractivity contribution >= 4 is 22.2 Å². The van der Waals surface area contributed by atoms with E-state index in [1.807, 2.05) is 0 Å². The molecule has 7 heteroatoms. The number of H-pyrrole nitrogens is 1. The summed E-state index contributed by atoms with van der Waals surface area (Å²) in [5.41, 5.74) is -4.78. The Balaban J connectivity index is 2.24. The molecule has 0 saturated carbocycles. The molecule has 0 fully saturated rings. The van der Waals surface area contributed by atoms with Crippen LogP contribution in [-0.4, -0.2) is 33.7 Å². The Bertz CT molecular complexity index is 1190. The van der Waals surface area contributed by atoms with Gasteiger partial charge in [-0.2, -0.15) is 4.98 Å². The van der Waals surface area contributed by atoms with E-state index in [9.17, 15) is 4.55 Å². The topological polar surface area (TPSA) is 83.1 Å². The van der Waals surface area contributed by atoms with Gasteiger partial charge in [0.05, 0.1) is 35.1 Å². The Morgan fingerprint density at radius 3 is 2.96 bits per heavy atom. The summed E-state index contributed by atoms with van der Waals surface area (Å²) in [5.74, 6) is -0.248. The molecule has 1 unspecified atom stereocenters. The zero-order chi connectivity index (χ0) is 24.9. The largest absolute Gasteiger partial charge is 0.609 e. The van der Waals surface area contributed by atoms with Crippen LogP contribution >= 0.6 is 0 Å². The van der Waals surface area contributed by atoms with Gasteiger partial charge in [0.2, 0.25) is 0 Å². The molecule has 24 heavy (non-hydrogen) atoms. The number of aromatic amines is 1. The number of pyridine rings is 1. The minimum Gasteiger partial charge on any atom is -0.609 e. The monoisotopic (exact) mass is 354 g/mol. The van der Waals surface area contributed by atoms with Crippen molar-refractivity contribution in [1.29, 1.82) is 0 Å². The second-order valence-corrected chi connectivity index (χ2v) is 5.78. The molecule has 0 bridgehead atoms. The molecule has 3 aromatic rings. The molecule has 126 valence electrons. The van der Waals surface area contributed by atoms with Crippen molar-refractivity contribution in [3.05, 3.63) is 41.2 Å². The van der Waals surface area contributed by atoms with Gasteiger partial charge in [0.25, 0.3) is 0 Å². The molecule has 0 spiro atoms. The van der Waals surface area contributed by atoms with Crippen LogP contribution in [0.5, 0.6) is 11.5 Å². The number of nitrogens with zero attached hydrogens (tertiary/aromatic N) is 2. The van der Waals surface area contributed by atoms with E-state index in [1.165, 1.54) is 7.11 Å². The van der Waals surface area contributed by atoms with Crippen LogP contribution in [0.2, 0.25) is 0 Å². The first-order valence-corrected chi connectivity index (χ1v) is 7.83. The van der Waals surface area contributed by atoms with E-state index in [4.69, 9.17) is 21.8 Å². The summed E-state index contributed by atoms with van der Waals surface area (Å²) in [5, 5.41) is -0.313. The van der Waals surface area contributed by atoms with Gasteiger partial charge in [-0.1, -0.05) is 0 Å². The van der Waals surface area contributed by atoms with Crippen molar-refractivity contribution in [2.24, 2.45) is 0 Å². The van der Waals surface area contributed by atoms with Crippen LogP contribution in [0, 0.1) is 13.7 Å². The van der Waals surface area contributed by atoms with Gasteiger partial charge >= 0.3 is 5.16 Å². The first kappa shape index (κ1) is 8.73. The van der Waals surface area contributed by atoms with Crippen LogP contribution in [0.25, 0.3) is 11.0 Å². The maximum atomic E-state index is 13.2. The average Bonchev–Trinajstić information content (AvgIpc) is 3.13. The second-order valence-electron chi connectivity index (χ2n) is 4.65. The number of aromatic nitrogens is 3. The maximum Gasteiger partial charge on any atom is 0.322 e. The quantitative estimate of drug-likeness (QED) is 0.712. The summed E-state index contributed by atoms with van der Waals surface area (Å²) in [4.78, 5) is 10.5. The van der Waals surface area contributed by atoms with E-state index in [2.05, 4.69) is 15.0 Å². The first-order valence-electron chi connectivity index (χ1n) is 11.2. The highest BCUT2D eigenvalue weighted by atomic mass is 32.2. The van der Waals surface area contributed by atoms with Crippen LogP contribution in [0.3, 0.4) is 0 Å². The fraction of sp³-hybridized carbons (Fsp3) is 0.294. The fourth-order valence-corrected chi connectivity index (χ4v) is 2.85. The lowest BCUT2D eigenvalue weighted by Gasteiger charge is -2.13. The number of benzene rings is 1. The summed E-state index contributed by atoms with van der Waals surface area (Å²) >= 11 is -2.64. The van der Waals surface area contributed by atoms with Gasteiger partial charge in [-0.25, -0.2) is 0 Å². The molecule has 2 aromatic heterocycles. The molecule has 2 heterocycles. The van der Waals surface area contributed by atoms with Gasteiger partial charge < -0.3 is 14.0 Å². The minimum absolute atomic E-state index is 0.313. The third-order valence-electron chi connectivity index (χ3n) is 3.21. The Hall–Kier alpha value is -2.25. The molecule has 0 aliphatic carbocycles. The molecular formula is C17H19N3O3S. The van der Waals surface area contributed by atoms with Crippen molar-refractivity contribution in [1.82, 2.24) is 15.0 Å². The van der Waals surface area contributed by atoms with Gasteiger partial charge in [0, 0.05) is 42.8 Å². The number of hydrogen-bond acceptors (Lipinski definition) is 5. The molecular weight excluding hydrogens is 326 g/mol. The Labute approximate surface area is 156 Å². The number of rotatable bonds is 5. The highest BCUT2D eigenvalue weighted by molar-refractivity contribution is 7.90. The van der Waals surface area contributed by atoms with Gasteiger partial charge in [0.15, 0.2) is 5.70 Å². The molecule has 0 radical (unpaired) electrons. The second kappa shape index (κ2) is 6.70. The molecule has 0 amide bonds. The van der Waals surface area contributed by atoms with Crippen LogP contribution in [-0.2, 0) is 16.9 Å². The van der Waals surface area contributed by atoms with Crippen molar-refractivity contribution < 1.29 is 26.4 Å². The third-order valence-corrected chi connectivity index (χ3v) is 4.13. The van der Waals surface area contributed by atoms with Gasteiger partial charge in [0.1, 0.15) is 11.5 Å². The highest BCUT2D eigenvalue weighted by Gasteiger charge is 2.21. The summed E-state index contributed by atoms with van der Waals surface area (Å²) < 4.78 is 94.8. The lowest BCUT2D eigenvalue weighted by molar-refractivity contribution is 0.407. The van der Waals surface area contributed by atoms with E-state index < -0.39 is 59.3 Å². The van der Waals surface area contributed by atoms with Crippen molar-refractivity contribution in [2.45, 2.75) is 24.6 Å². The summed E-state index contributed by atoms with van der Waals surface area (Å²) in [6, 6.07) is 4.72.